The van der Waals surface area contributed by atoms with Crippen LogP contribution in [-0.2, 0) is 11.4 Å². The summed E-state index contributed by atoms with van der Waals surface area (Å²) in [6.07, 6.45) is 0. The molecule has 0 spiro atoms. The number of rotatable bonds is 6. The van der Waals surface area contributed by atoms with Crippen molar-refractivity contribution in [1.82, 2.24) is 0 Å². The molecular formula is C15H15NO3. The number of hydrogen-bond acceptors (Lipinski definition) is 3. The average molecular weight is 257 g/mol. The second kappa shape index (κ2) is 6.44. The second-order valence-corrected chi connectivity index (χ2v) is 3.98. The molecule has 4 heteroatoms. The summed E-state index contributed by atoms with van der Waals surface area (Å²) in [5.41, 5.74) is 6.11. The molecule has 19 heavy (non-hydrogen) atoms. The van der Waals surface area contributed by atoms with Crippen molar-refractivity contribution in [2.24, 2.45) is 5.73 Å². The number of ether oxygens (including phenoxy) is 2. The first kappa shape index (κ1) is 13.0. The van der Waals surface area contributed by atoms with Gasteiger partial charge in [0.05, 0.1) is 0 Å². The molecule has 0 aliphatic heterocycles. The first-order valence-corrected chi connectivity index (χ1v) is 5.92. The molecule has 0 radical (unpaired) electrons. The van der Waals surface area contributed by atoms with Gasteiger partial charge < -0.3 is 15.2 Å². The lowest BCUT2D eigenvalue weighted by Crippen LogP contribution is -2.20. The number of carbonyl (C=O) groups is 1. The molecular weight excluding hydrogens is 242 g/mol. The van der Waals surface area contributed by atoms with E-state index in [2.05, 4.69) is 0 Å². The average Bonchev–Trinajstić information content (AvgIpc) is 2.45. The van der Waals surface area contributed by atoms with Crippen LogP contribution in [0.15, 0.2) is 54.6 Å². The Kier molecular flexibility index (Phi) is 4.39. The fourth-order valence-electron chi connectivity index (χ4n) is 1.57. The van der Waals surface area contributed by atoms with Gasteiger partial charge in [0.25, 0.3) is 5.91 Å². The van der Waals surface area contributed by atoms with Crippen molar-refractivity contribution in [1.29, 1.82) is 0 Å². The molecule has 98 valence electrons. The summed E-state index contributed by atoms with van der Waals surface area (Å²) >= 11 is 0. The summed E-state index contributed by atoms with van der Waals surface area (Å²) in [6.45, 7) is 0.281. The maximum Gasteiger partial charge on any atom is 0.255 e. The van der Waals surface area contributed by atoms with E-state index in [0.717, 1.165) is 5.56 Å². The summed E-state index contributed by atoms with van der Waals surface area (Å²) in [6, 6.07) is 17.0. The Morgan fingerprint density at radius 2 is 1.47 bits per heavy atom. The van der Waals surface area contributed by atoms with Gasteiger partial charge in [-0.05, 0) is 17.7 Å². The molecule has 0 aromatic heterocycles. The lowest BCUT2D eigenvalue weighted by molar-refractivity contribution is -0.119. The minimum absolute atomic E-state index is 0.161. The molecule has 2 N–H and O–H groups in total. The molecule has 2 rings (SSSR count). The zero-order chi connectivity index (χ0) is 13.5. The van der Waals surface area contributed by atoms with Gasteiger partial charge in [-0.2, -0.15) is 0 Å². The lowest BCUT2D eigenvalue weighted by atomic mass is 10.2. The van der Waals surface area contributed by atoms with Crippen LogP contribution in [0.5, 0.6) is 11.5 Å². The van der Waals surface area contributed by atoms with Crippen LogP contribution in [0.1, 0.15) is 5.56 Å². The predicted molar refractivity (Wildman–Crippen MR) is 71.9 cm³/mol. The van der Waals surface area contributed by atoms with E-state index < -0.39 is 5.91 Å². The number of primary amides is 1. The van der Waals surface area contributed by atoms with Crippen molar-refractivity contribution in [3.8, 4) is 11.5 Å². The van der Waals surface area contributed by atoms with Gasteiger partial charge in [0, 0.05) is 0 Å². The molecule has 0 saturated carbocycles. The van der Waals surface area contributed by atoms with E-state index in [0.29, 0.717) is 18.1 Å². The Morgan fingerprint density at radius 3 is 2.11 bits per heavy atom. The van der Waals surface area contributed by atoms with Crippen LogP contribution in [0.25, 0.3) is 0 Å². The molecule has 0 aliphatic rings. The highest BCUT2D eigenvalue weighted by Crippen LogP contribution is 2.27. The van der Waals surface area contributed by atoms with E-state index in [9.17, 15) is 4.79 Å². The molecule has 0 fully saturated rings. The molecule has 0 heterocycles. The highest BCUT2D eigenvalue weighted by molar-refractivity contribution is 5.75. The zero-order valence-corrected chi connectivity index (χ0v) is 10.4. The van der Waals surface area contributed by atoms with Gasteiger partial charge in [0.2, 0.25) is 0 Å². The Hall–Kier alpha value is -2.49. The van der Waals surface area contributed by atoms with Gasteiger partial charge >= 0.3 is 0 Å². The quantitative estimate of drug-likeness (QED) is 0.862. The van der Waals surface area contributed by atoms with Gasteiger partial charge in [-0.15, -0.1) is 0 Å². The molecule has 0 atom stereocenters. The summed E-state index contributed by atoms with van der Waals surface area (Å²) in [7, 11) is 0. The van der Waals surface area contributed by atoms with Crippen molar-refractivity contribution in [2.75, 3.05) is 6.61 Å². The maximum atomic E-state index is 10.7. The second-order valence-electron chi connectivity index (χ2n) is 3.98. The largest absolute Gasteiger partial charge is 0.485 e. The molecule has 0 unspecified atom stereocenters. The number of benzene rings is 2. The molecule has 0 saturated heterocycles. The van der Waals surface area contributed by atoms with Crippen LogP contribution in [0.2, 0.25) is 0 Å². The Balaban J connectivity index is 2.01. The van der Waals surface area contributed by atoms with Crippen molar-refractivity contribution in [3.63, 3.8) is 0 Å². The first-order valence-electron chi connectivity index (χ1n) is 5.92. The van der Waals surface area contributed by atoms with Crippen molar-refractivity contribution < 1.29 is 14.3 Å². The van der Waals surface area contributed by atoms with E-state index in [-0.39, 0.29) is 6.61 Å². The van der Waals surface area contributed by atoms with Crippen LogP contribution in [0.4, 0.5) is 0 Å². The lowest BCUT2D eigenvalue weighted by Gasteiger charge is -2.11. The first-order chi connectivity index (χ1) is 9.25. The minimum atomic E-state index is -0.516. The smallest absolute Gasteiger partial charge is 0.255 e. The molecule has 4 nitrogen and oxygen atoms in total. The molecule has 0 aliphatic carbocycles. The SMILES string of the molecule is NC(=O)COc1ccccc1OCc1ccccc1. The van der Waals surface area contributed by atoms with Crippen LogP contribution in [0, 0.1) is 0 Å². The fourth-order valence-corrected chi connectivity index (χ4v) is 1.57. The van der Waals surface area contributed by atoms with E-state index in [1.54, 1.807) is 12.1 Å². The Morgan fingerprint density at radius 1 is 0.895 bits per heavy atom. The summed E-state index contributed by atoms with van der Waals surface area (Å²) in [4.78, 5) is 10.7. The highest BCUT2D eigenvalue weighted by Gasteiger charge is 2.05. The number of amides is 1. The molecule has 0 bridgehead atoms. The number of para-hydroxylation sites is 2. The number of carbonyl (C=O) groups excluding carboxylic acids is 1. The Bertz CT molecular complexity index is 540. The van der Waals surface area contributed by atoms with Gasteiger partial charge in [0.15, 0.2) is 18.1 Å². The van der Waals surface area contributed by atoms with Gasteiger partial charge in [-0.25, -0.2) is 0 Å². The van der Waals surface area contributed by atoms with Gasteiger partial charge in [0.1, 0.15) is 6.61 Å². The van der Waals surface area contributed by atoms with E-state index in [4.69, 9.17) is 15.2 Å². The van der Waals surface area contributed by atoms with Crippen molar-refractivity contribution in [3.05, 3.63) is 60.2 Å². The summed E-state index contributed by atoms with van der Waals surface area (Å²) < 4.78 is 11.0. The van der Waals surface area contributed by atoms with Crippen molar-refractivity contribution in [2.45, 2.75) is 6.61 Å². The van der Waals surface area contributed by atoms with Gasteiger partial charge in [-0.1, -0.05) is 42.5 Å². The summed E-state index contributed by atoms with van der Waals surface area (Å²) in [5, 5.41) is 0. The third-order valence-corrected chi connectivity index (χ3v) is 2.46. The molecule has 1 amide bonds. The van der Waals surface area contributed by atoms with Crippen LogP contribution >= 0.6 is 0 Å². The maximum absolute atomic E-state index is 10.7. The van der Waals surface area contributed by atoms with E-state index >= 15 is 0 Å². The topological polar surface area (TPSA) is 61.6 Å². The van der Waals surface area contributed by atoms with Crippen LogP contribution in [-0.4, -0.2) is 12.5 Å². The van der Waals surface area contributed by atoms with Crippen molar-refractivity contribution >= 4 is 5.91 Å². The van der Waals surface area contributed by atoms with Crippen LogP contribution in [0.3, 0.4) is 0 Å². The molecule has 2 aromatic carbocycles. The zero-order valence-electron chi connectivity index (χ0n) is 10.4. The van der Waals surface area contributed by atoms with E-state index in [1.807, 2.05) is 42.5 Å². The minimum Gasteiger partial charge on any atom is -0.485 e. The number of hydrogen-bond donors (Lipinski definition) is 1. The van der Waals surface area contributed by atoms with Crippen LogP contribution < -0.4 is 15.2 Å². The molecule has 2 aromatic rings. The van der Waals surface area contributed by atoms with E-state index in [1.165, 1.54) is 0 Å². The van der Waals surface area contributed by atoms with Gasteiger partial charge in [-0.3, -0.25) is 4.79 Å². The Labute approximate surface area is 111 Å². The fraction of sp³-hybridized carbons (Fsp3) is 0.133. The highest BCUT2D eigenvalue weighted by atomic mass is 16.5. The predicted octanol–water partition coefficient (Wildman–Crippen LogP) is 2.13. The number of nitrogens with two attached hydrogens (primary N) is 1. The third-order valence-electron chi connectivity index (χ3n) is 2.46. The summed E-state index contributed by atoms with van der Waals surface area (Å²) in [5.74, 6) is 0.586. The third kappa shape index (κ3) is 4.03. The standard InChI is InChI=1S/C15H15NO3/c16-15(17)11-19-14-9-5-4-8-13(14)18-10-12-6-2-1-3-7-12/h1-9H,10-11H2,(H2,16,17). The monoisotopic (exact) mass is 257 g/mol. The normalized spacial score (nSPS) is 9.89.